The highest BCUT2D eigenvalue weighted by molar-refractivity contribution is 7.89. The third-order valence-corrected chi connectivity index (χ3v) is 6.27. The Bertz CT molecular complexity index is 823. The van der Waals surface area contributed by atoms with Gasteiger partial charge in [-0.3, -0.25) is 4.79 Å². The van der Waals surface area contributed by atoms with Gasteiger partial charge in [-0.2, -0.15) is 4.31 Å². The lowest BCUT2D eigenvalue weighted by atomic mass is 10.1. The largest absolute Gasteiger partial charge is 0.443 e. The number of oxazole rings is 1. The SMILES string of the molecule is CCCS(=O)(=O)N1CCN(C(=O)Cc2ccc3ncoc3c2)CC1. The van der Waals surface area contributed by atoms with E-state index in [1.54, 1.807) is 4.90 Å². The van der Waals surface area contributed by atoms with Crippen LogP contribution in [-0.4, -0.2) is 60.4 Å². The molecule has 130 valence electrons. The molecule has 0 aliphatic carbocycles. The predicted molar refractivity (Wildman–Crippen MR) is 89.9 cm³/mol. The maximum atomic E-state index is 12.4. The molecular formula is C16H21N3O4S. The summed E-state index contributed by atoms with van der Waals surface area (Å²) in [5.41, 5.74) is 2.29. The van der Waals surface area contributed by atoms with Gasteiger partial charge in [0.15, 0.2) is 12.0 Å². The van der Waals surface area contributed by atoms with E-state index in [9.17, 15) is 13.2 Å². The summed E-state index contributed by atoms with van der Waals surface area (Å²) in [5.74, 6) is 0.166. The van der Waals surface area contributed by atoms with Crippen LogP contribution in [-0.2, 0) is 21.2 Å². The van der Waals surface area contributed by atoms with Gasteiger partial charge >= 0.3 is 0 Å². The number of piperazine rings is 1. The molecular weight excluding hydrogens is 330 g/mol. The van der Waals surface area contributed by atoms with Crippen LogP contribution in [0, 0.1) is 0 Å². The summed E-state index contributed by atoms with van der Waals surface area (Å²) in [4.78, 5) is 18.2. The zero-order chi connectivity index (χ0) is 17.2. The van der Waals surface area contributed by atoms with Crippen LogP contribution in [0.2, 0.25) is 0 Å². The number of carbonyl (C=O) groups excluding carboxylic acids is 1. The van der Waals surface area contributed by atoms with Crippen molar-refractivity contribution in [3.8, 4) is 0 Å². The number of amides is 1. The van der Waals surface area contributed by atoms with Crippen LogP contribution in [0.15, 0.2) is 29.0 Å². The molecule has 1 saturated heterocycles. The van der Waals surface area contributed by atoms with Crippen LogP contribution in [0.1, 0.15) is 18.9 Å². The zero-order valence-electron chi connectivity index (χ0n) is 13.6. The molecule has 2 aromatic rings. The zero-order valence-corrected chi connectivity index (χ0v) is 14.5. The van der Waals surface area contributed by atoms with Crippen molar-refractivity contribution in [2.24, 2.45) is 0 Å². The van der Waals surface area contributed by atoms with Gasteiger partial charge in [-0.05, 0) is 24.1 Å². The maximum Gasteiger partial charge on any atom is 0.227 e. The first-order valence-corrected chi connectivity index (χ1v) is 9.68. The monoisotopic (exact) mass is 351 g/mol. The fraction of sp³-hybridized carbons (Fsp3) is 0.500. The first-order valence-electron chi connectivity index (χ1n) is 8.07. The number of nitrogens with zero attached hydrogens (tertiary/aromatic N) is 3. The molecule has 1 amide bonds. The fourth-order valence-corrected chi connectivity index (χ4v) is 4.39. The van der Waals surface area contributed by atoms with Crippen molar-refractivity contribution in [3.05, 3.63) is 30.2 Å². The average Bonchev–Trinajstić information content (AvgIpc) is 3.02. The molecule has 24 heavy (non-hydrogen) atoms. The lowest BCUT2D eigenvalue weighted by Gasteiger charge is -2.34. The minimum absolute atomic E-state index is 0.00130. The average molecular weight is 351 g/mol. The highest BCUT2D eigenvalue weighted by Gasteiger charge is 2.28. The standard InChI is InChI=1S/C16H21N3O4S/c1-2-9-24(21,22)19-7-5-18(6-8-19)16(20)11-13-3-4-14-15(10-13)23-12-17-14/h3-4,10,12H,2,5-9,11H2,1H3. The summed E-state index contributed by atoms with van der Waals surface area (Å²) in [5, 5.41) is 0. The molecule has 0 atom stereocenters. The van der Waals surface area contributed by atoms with Crippen molar-refractivity contribution in [1.82, 2.24) is 14.2 Å². The van der Waals surface area contributed by atoms with Gasteiger partial charge in [0.1, 0.15) is 5.52 Å². The number of fused-ring (bicyclic) bond motifs is 1. The van der Waals surface area contributed by atoms with Gasteiger partial charge in [0.25, 0.3) is 0 Å². The molecule has 2 heterocycles. The minimum Gasteiger partial charge on any atom is -0.443 e. The molecule has 0 N–H and O–H groups in total. The minimum atomic E-state index is -3.18. The molecule has 1 aliphatic heterocycles. The Morgan fingerprint density at radius 1 is 1.25 bits per heavy atom. The summed E-state index contributed by atoms with van der Waals surface area (Å²) < 4.78 is 30.9. The second kappa shape index (κ2) is 6.90. The van der Waals surface area contributed by atoms with Gasteiger partial charge in [0, 0.05) is 26.2 Å². The number of benzene rings is 1. The van der Waals surface area contributed by atoms with Crippen LogP contribution in [0.5, 0.6) is 0 Å². The van der Waals surface area contributed by atoms with Gasteiger partial charge in [0.2, 0.25) is 15.9 Å². The molecule has 0 spiro atoms. The Kier molecular flexibility index (Phi) is 4.86. The lowest BCUT2D eigenvalue weighted by Crippen LogP contribution is -2.51. The van der Waals surface area contributed by atoms with Crippen LogP contribution >= 0.6 is 0 Å². The van der Waals surface area contributed by atoms with Crippen molar-refractivity contribution >= 4 is 27.0 Å². The fourth-order valence-electron chi connectivity index (χ4n) is 2.90. The summed E-state index contributed by atoms with van der Waals surface area (Å²) in [7, 11) is -3.18. The van der Waals surface area contributed by atoms with E-state index in [-0.39, 0.29) is 18.1 Å². The Morgan fingerprint density at radius 2 is 2.00 bits per heavy atom. The molecule has 7 nitrogen and oxygen atoms in total. The summed E-state index contributed by atoms with van der Waals surface area (Å²) in [6.45, 7) is 3.46. The highest BCUT2D eigenvalue weighted by Crippen LogP contribution is 2.16. The summed E-state index contributed by atoms with van der Waals surface area (Å²) >= 11 is 0. The number of sulfonamides is 1. The number of aromatic nitrogens is 1. The van der Waals surface area contributed by atoms with Crippen molar-refractivity contribution in [2.75, 3.05) is 31.9 Å². The van der Waals surface area contributed by atoms with Crippen molar-refractivity contribution in [1.29, 1.82) is 0 Å². The highest BCUT2D eigenvalue weighted by atomic mass is 32.2. The molecule has 0 bridgehead atoms. The Balaban J connectivity index is 1.59. The molecule has 1 aromatic carbocycles. The van der Waals surface area contributed by atoms with Crippen molar-refractivity contribution in [2.45, 2.75) is 19.8 Å². The second-order valence-electron chi connectivity index (χ2n) is 5.93. The van der Waals surface area contributed by atoms with E-state index >= 15 is 0 Å². The molecule has 1 aromatic heterocycles. The smallest absolute Gasteiger partial charge is 0.227 e. The van der Waals surface area contributed by atoms with E-state index in [1.807, 2.05) is 25.1 Å². The molecule has 0 radical (unpaired) electrons. The maximum absolute atomic E-state index is 12.4. The predicted octanol–water partition coefficient (Wildman–Crippen LogP) is 1.25. The molecule has 1 fully saturated rings. The molecule has 3 rings (SSSR count). The topological polar surface area (TPSA) is 83.7 Å². The third kappa shape index (κ3) is 3.59. The van der Waals surface area contributed by atoms with E-state index in [2.05, 4.69) is 4.98 Å². The van der Waals surface area contributed by atoms with E-state index < -0.39 is 10.0 Å². The lowest BCUT2D eigenvalue weighted by molar-refractivity contribution is -0.131. The van der Waals surface area contributed by atoms with Crippen LogP contribution in [0.25, 0.3) is 11.1 Å². The Labute approximate surface area is 141 Å². The van der Waals surface area contributed by atoms with Gasteiger partial charge < -0.3 is 9.32 Å². The molecule has 8 heteroatoms. The number of rotatable bonds is 5. The third-order valence-electron chi connectivity index (χ3n) is 4.20. The van der Waals surface area contributed by atoms with Crippen molar-refractivity contribution < 1.29 is 17.6 Å². The van der Waals surface area contributed by atoms with Crippen LogP contribution in [0.4, 0.5) is 0 Å². The van der Waals surface area contributed by atoms with E-state index in [1.165, 1.54) is 10.7 Å². The molecule has 1 aliphatic rings. The number of hydrogen-bond acceptors (Lipinski definition) is 5. The van der Waals surface area contributed by atoms with Gasteiger partial charge in [-0.25, -0.2) is 13.4 Å². The Hall–Kier alpha value is -1.93. The first kappa shape index (κ1) is 16.9. The normalized spacial score (nSPS) is 16.6. The van der Waals surface area contributed by atoms with Crippen LogP contribution < -0.4 is 0 Å². The first-order chi connectivity index (χ1) is 11.5. The van der Waals surface area contributed by atoms with Gasteiger partial charge in [0.05, 0.1) is 12.2 Å². The Morgan fingerprint density at radius 3 is 2.71 bits per heavy atom. The van der Waals surface area contributed by atoms with Crippen molar-refractivity contribution in [3.63, 3.8) is 0 Å². The quantitative estimate of drug-likeness (QED) is 0.810. The number of hydrogen-bond donors (Lipinski definition) is 0. The van der Waals surface area contributed by atoms with Gasteiger partial charge in [-0.15, -0.1) is 0 Å². The number of carbonyl (C=O) groups is 1. The van der Waals surface area contributed by atoms with E-state index in [0.29, 0.717) is 38.2 Å². The van der Waals surface area contributed by atoms with E-state index in [4.69, 9.17) is 4.42 Å². The van der Waals surface area contributed by atoms with Gasteiger partial charge in [-0.1, -0.05) is 13.0 Å². The van der Waals surface area contributed by atoms with E-state index in [0.717, 1.165) is 11.1 Å². The molecule has 0 saturated carbocycles. The second-order valence-corrected chi connectivity index (χ2v) is 8.02. The summed E-state index contributed by atoms with van der Waals surface area (Å²) in [6.07, 6.45) is 2.26. The molecule has 0 unspecified atom stereocenters. The van der Waals surface area contributed by atoms with Crippen LogP contribution in [0.3, 0.4) is 0 Å². The summed E-state index contributed by atoms with van der Waals surface area (Å²) in [6, 6.07) is 5.52.